The highest BCUT2D eigenvalue weighted by molar-refractivity contribution is 6.34. The predicted molar refractivity (Wildman–Crippen MR) is 66.4 cm³/mol. The van der Waals surface area contributed by atoms with E-state index in [0.29, 0.717) is 28.7 Å². The molecule has 0 radical (unpaired) electrons. The molecule has 1 atom stereocenters. The van der Waals surface area contributed by atoms with E-state index < -0.39 is 0 Å². The summed E-state index contributed by atoms with van der Waals surface area (Å²) in [6, 6.07) is 5.16. The largest absolute Gasteiger partial charge is 0.497 e. The number of ether oxygens (including phenoxy) is 1. The number of benzene rings is 1. The van der Waals surface area contributed by atoms with Crippen molar-refractivity contribution in [3.05, 3.63) is 28.8 Å². The zero-order valence-electron chi connectivity index (χ0n) is 9.92. The molecule has 0 saturated heterocycles. The molecule has 0 aromatic heterocycles. The standard InChI is InChI=1S/C13H17ClO2/c1-4-9(2)7-13(15)11-6-5-10(16-3)8-12(11)14/h5-6,8-9H,4,7H2,1-3H3. The molecule has 0 aliphatic carbocycles. The van der Waals surface area contributed by atoms with Gasteiger partial charge in [-0.25, -0.2) is 0 Å². The molecule has 2 nitrogen and oxygen atoms in total. The summed E-state index contributed by atoms with van der Waals surface area (Å²) in [5, 5.41) is 0.465. The number of ketones is 1. The van der Waals surface area contributed by atoms with Crippen LogP contribution in [0.4, 0.5) is 0 Å². The summed E-state index contributed by atoms with van der Waals surface area (Å²) in [7, 11) is 1.58. The van der Waals surface area contributed by atoms with E-state index in [0.717, 1.165) is 6.42 Å². The van der Waals surface area contributed by atoms with Crippen molar-refractivity contribution in [1.29, 1.82) is 0 Å². The van der Waals surface area contributed by atoms with Crippen molar-refractivity contribution in [2.24, 2.45) is 5.92 Å². The van der Waals surface area contributed by atoms with Gasteiger partial charge < -0.3 is 4.74 Å². The monoisotopic (exact) mass is 240 g/mol. The Labute approximate surface area is 102 Å². The van der Waals surface area contributed by atoms with Gasteiger partial charge in [-0.05, 0) is 24.1 Å². The van der Waals surface area contributed by atoms with E-state index in [4.69, 9.17) is 16.3 Å². The van der Waals surface area contributed by atoms with Gasteiger partial charge in [0.1, 0.15) is 5.75 Å². The second kappa shape index (κ2) is 5.90. The van der Waals surface area contributed by atoms with Crippen LogP contribution < -0.4 is 4.74 Å². The topological polar surface area (TPSA) is 26.3 Å². The minimum atomic E-state index is 0.0991. The lowest BCUT2D eigenvalue weighted by atomic mass is 9.98. The van der Waals surface area contributed by atoms with Crippen LogP contribution in [-0.2, 0) is 0 Å². The minimum absolute atomic E-state index is 0.0991. The van der Waals surface area contributed by atoms with E-state index >= 15 is 0 Å². The van der Waals surface area contributed by atoms with E-state index in [9.17, 15) is 4.79 Å². The maximum absolute atomic E-state index is 11.9. The molecule has 0 aliphatic rings. The fourth-order valence-electron chi connectivity index (χ4n) is 1.42. The summed E-state index contributed by atoms with van der Waals surface area (Å²) < 4.78 is 5.04. The van der Waals surface area contributed by atoms with Gasteiger partial charge in [-0.2, -0.15) is 0 Å². The Balaban J connectivity index is 2.84. The van der Waals surface area contributed by atoms with Gasteiger partial charge in [0.2, 0.25) is 0 Å². The molecule has 0 aliphatic heterocycles. The van der Waals surface area contributed by atoms with Crippen LogP contribution in [0.15, 0.2) is 18.2 Å². The molecule has 0 heterocycles. The molecular formula is C13H17ClO2. The number of carbonyl (C=O) groups is 1. The molecule has 3 heteroatoms. The van der Waals surface area contributed by atoms with Crippen LogP contribution in [0, 0.1) is 5.92 Å². The van der Waals surface area contributed by atoms with E-state index in [1.54, 1.807) is 25.3 Å². The van der Waals surface area contributed by atoms with Crippen molar-refractivity contribution in [2.45, 2.75) is 26.7 Å². The highest BCUT2D eigenvalue weighted by Gasteiger charge is 2.13. The van der Waals surface area contributed by atoms with E-state index in [-0.39, 0.29) is 5.78 Å². The first-order valence-electron chi connectivity index (χ1n) is 5.45. The number of Topliss-reactive ketones (excluding diaryl/α,β-unsaturated/α-hetero) is 1. The molecule has 0 N–H and O–H groups in total. The second-order valence-electron chi connectivity index (χ2n) is 3.99. The predicted octanol–water partition coefficient (Wildman–Crippen LogP) is 3.97. The maximum Gasteiger partial charge on any atom is 0.164 e. The van der Waals surface area contributed by atoms with Gasteiger partial charge in [-0.1, -0.05) is 31.9 Å². The summed E-state index contributed by atoms with van der Waals surface area (Å²) in [5.74, 6) is 1.16. The molecule has 88 valence electrons. The van der Waals surface area contributed by atoms with Crippen LogP contribution in [-0.4, -0.2) is 12.9 Å². The van der Waals surface area contributed by atoms with Crippen LogP contribution in [0.3, 0.4) is 0 Å². The second-order valence-corrected chi connectivity index (χ2v) is 4.39. The number of halogens is 1. The lowest BCUT2D eigenvalue weighted by molar-refractivity contribution is 0.0964. The zero-order valence-corrected chi connectivity index (χ0v) is 10.7. The lowest BCUT2D eigenvalue weighted by Crippen LogP contribution is -2.06. The Morgan fingerprint density at radius 3 is 2.69 bits per heavy atom. The zero-order chi connectivity index (χ0) is 12.1. The van der Waals surface area contributed by atoms with Gasteiger partial charge in [-0.15, -0.1) is 0 Å². The average Bonchev–Trinajstić information content (AvgIpc) is 2.28. The summed E-state index contributed by atoms with van der Waals surface area (Å²) in [5.41, 5.74) is 0.586. The van der Waals surface area contributed by atoms with Crippen LogP contribution in [0.1, 0.15) is 37.0 Å². The highest BCUT2D eigenvalue weighted by atomic mass is 35.5. The Kier molecular flexibility index (Phi) is 4.81. The average molecular weight is 241 g/mol. The Morgan fingerprint density at radius 1 is 1.50 bits per heavy atom. The van der Waals surface area contributed by atoms with Crippen molar-refractivity contribution in [2.75, 3.05) is 7.11 Å². The van der Waals surface area contributed by atoms with Crippen molar-refractivity contribution in [3.63, 3.8) is 0 Å². The van der Waals surface area contributed by atoms with E-state index in [2.05, 4.69) is 13.8 Å². The third-order valence-corrected chi connectivity index (χ3v) is 3.02. The van der Waals surface area contributed by atoms with E-state index in [1.807, 2.05) is 0 Å². The molecule has 0 amide bonds. The Morgan fingerprint density at radius 2 is 2.19 bits per heavy atom. The van der Waals surface area contributed by atoms with Crippen LogP contribution in [0.2, 0.25) is 5.02 Å². The Bertz CT molecular complexity index is 374. The fourth-order valence-corrected chi connectivity index (χ4v) is 1.70. The lowest BCUT2D eigenvalue weighted by Gasteiger charge is -2.09. The molecular weight excluding hydrogens is 224 g/mol. The van der Waals surface area contributed by atoms with Gasteiger partial charge in [0.15, 0.2) is 5.78 Å². The number of hydrogen-bond donors (Lipinski definition) is 0. The SMILES string of the molecule is CCC(C)CC(=O)c1ccc(OC)cc1Cl. The third-order valence-electron chi connectivity index (χ3n) is 2.71. The van der Waals surface area contributed by atoms with Crippen molar-refractivity contribution < 1.29 is 9.53 Å². The molecule has 1 aromatic rings. The molecule has 16 heavy (non-hydrogen) atoms. The summed E-state index contributed by atoms with van der Waals surface area (Å²) >= 11 is 6.03. The van der Waals surface area contributed by atoms with Crippen LogP contribution >= 0.6 is 11.6 Å². The quantitative estimate of drug-likeness (QED) is 0.728. The third kappa shape index (κ3) is 3.24. The van der Waals surface area contributed by atoms with Gasteiger partial charge in [0, 0.05) is 12.0 Å². The summed E-state index contributed by atoms with van der Waals surface area (Å²) in [6.45, 7) is 4.14. The molecule has 0 spiro atoms. The number of carbonyl (C=O) groups excluding carboxylic acids is 1. The first-order valence-corrected chi connectivity index (χ1v) is 5.83. The van der Waals surface area contributed by atoms with Crippen molar-refractivity contribution >= 4 is 17.4 Å². The first-order chi connectivity index (χ1) is 7.58. The highest BCUT2D eigenvalue weighted by Crippen LogP contribution is 2.24. The fraction of sp³-hybridized carbons (Fsp3) is 0.462. The molecule has 1 rings (SSSR count). The minimum Gasteiger partial charge on any atom is -0.497 e. The molecule has 0 fully saturated rings. The van der Waals surface area contributed by atoms with Gasteiger partial charge in [-0.3, -0.25) is 4.79 Å². The van der Waals surface area contributed by atoms with E-state index in [1.165, 1.54) is 0 Å². The number of hydrogen-bond acceptors (Lipinski definition) is 2. The van der Waals surface area contributed by atoms with Gasteiger partial charge in [0.05, 0.1) is 12.1 Å². The van der Waals surface area contributed by atoms with Gasteiger partial charge >= 0.3 is 0 Å². The molecule has 0 bridgehead atoms. The van der Waals surface area contributed by atoms with Crippen LogP contribution in [0.25, 0.3) is 0 Å². The smallest absolute Gasteiger partial charge is 0.164 e. The van der Waals surface area contributed by atoms with Crippen molar-refractivity contribution in [3.8, 4) is 5.75 Å². The molecule has 0 saturated carbocycles. The molecule has 1 aromatic carbocycles. The summed E-state index contributed by atoms with van der Waals surface area (Å²) in [4.78, 5) is 11.9. The normalized spacial score (nSPS) is 12.2. The van der Waals surface area contributed by atoms with Gasteiger partial charge in [0.25, 0.3) is 0 Å². The number of rotatable bonds is 5. The van der Waals surface area contributed by atoms with Crippen LogP contribution in [0.5, 0.6) is 5.75 Å². The Hall–Kier alpha value is -1.02. The molecule has 1 unspecified atom stereocenters. The first kappa shape index (κ1) is 13.0. The number of methoxy groups -OCH3 is 1. The van der Waals surface area contributed by atoms with Crippen molar-refractivity contribution in [1.82, 2.24) is 0 Å². The maximum atomic E-state index is 11.9. The summed E-state index contributed by atoms with van der Waals surface area (Å²) in [6.07, 6.45) is 1.54.